The Morgan fingerprint density at radius 1 is 1.47 bits per heavy atom. The van der Waals surface area contributed by atoms with E-state index in [1.54, 1.807) is 6.07 Å². The monoisotopic (exact) mass is 234 g/mol. The van der Waals surface area contributed by atoms with E-state index in [4.69, 9.17) is 5.73 Å². The van der Waals surface area contributed by atoms with Crippen molar-refractivity contribution in [1.82, 2.24) is 0 Å². The Bertz CT molecular complexity index is 465. The molecule has 17 heavy (non-hydrogen) atoms. The third-order valence-corrected chi connectivity index (χ3v) is 3.42. The first-order chi connectivity index (χ1) is 7.98. The van der Waals surface area contributed by atoms with Crippen LogP contribution in [0.4, 0.5) is 5.69 Å². The van der Waals surface area contributed by atoms with E-state index in [0.29, 0.717) is 12.2 Å². The van der Waals surface area contributed by atoms with Gasteiger partial charge in [0.1, 0.15) is 5.75 Å². The topological polar surface area (TPSA) is 75.3 Å². The Kier molecular flexibility index (Phi) is 2.83. The number of carbonyl (C=O) groups excluding carboxylic acids is 1. The highest BCUT2D eigenvalue weighted by Gasteiger charge is 2.48. The molecule has 4 heteroatoms. The van der Waals surface area contributed by atoms with Crippen LogP contribution in [0.2, 0.25) is 0 Å². The van der Waals surface area contributed by atoms with E-state index >= 15 is 0 Å². The lowest BCUT2D eigenvalue weighted by Crippen LogP contribution is -2.30. The molecule has 1 aromatic rings. The molecule has 0 unspecified atom stereocenters. The molecule has 1 amide bonds. The number of rotatable bonds is 3. The number of amides is 1. The second-order valence-corrected chi connectivity index (χ2v) is 4.92. The molecule has 4 N–H and O–H groups in total. The lowest BCUT2D eigenvalue weighted by atomic mass is 10.1. The van der Waals surface area contributed by atoms with Crippen LogP contribution in [0.25, 0.3) is 0 Å². The van der Waals surface area contributed by atoms with E-state index in [0.717, 1.165) is 24.0 Å². The minimum Gasteiger partial charge on any atom is -0.505 e. The van der Waals surface area contributed by atoms with Crippen LogP contribution in [0.5, 0.6) is 5.75 Å². The number of hydrogen-bond donors (Lipinski definition) is 3. The van der Waals surface area contributed by atoms with Crippen LogP contribution in [-0.2, 0) is 4.79 Å². The predicted octanol–water partition coefficient (Wildman–Crippen LogP) is 1.69. The van der Waals surface area contributed by atoms with Crippen LogP contribution >= 0.6 is 0 Å². The van der Waals surface area contributed by atoms with E-state index in [9.17, 15) is 9.90 Å². The predicted molar refractivity (Wildman–Crippen MR) is 66.9 cm³/mol. The van der Waals surface area contributed by atoms with Gasteiger partial charge in [-0.3, -0.25) is 4.79 Å². The number of carbonyl (C=O) groups is 1. The molecule has 2 rings (SSSR count). The molecule has 4 nitrogen and oxygen atoms in total. The zero-order valence-electron chi connectivity index (χ0n) is 10.2. The molecule has 92 valence electrons. The summed E-state index contributed by atoms with van der Waals surface area (Å²) in [5.41, 5.74) is 7.45. The molecule has 0 aromatic heterocycles. The molecule has 0 aliphatic heterocycles. The van der Waals surface area contributed by atoms with Crippen LogP contribution in [0.1, 0.15) is 24.0 Å². The zero-order chi connectivity index (χ0) is 12.6. The Balaban J connectivity index is 2.22. The smallest absolute Gasteiger partial charge is 0.231 e. The molecule has 1 aromatic carbocycles. The van der Waals surface area contributed by atoms with Crippen molar-refractivity contribution < 1.29 is 9.90 Å². The van der Waals surface area contributed by atoms with Gasteiger partial charge in [-0.25, -0.2) is 0 Å². The molecular formula is C13H18N2O2. The Hall–Kier alpha value is -1.55. The number of hydrogen-bond acceptors (Lipinski definition) is 3. The van der Waals surface area contributed by atoms with Crippen LogP contribution in [-0.4, -0.2) is 17.6 Å². The van der Waals surface area contributed by atoms with Crippen molar-refractivity contribution in [3.05, 3.63) is 23.3 Å². The van der Waals surface area contributed by atoms with Gasteiger partial charge in [0.05, 0.1) is 11.1 Å². The second-order valence-electron chi connectivity index (χ2n) is 4.92. The van der Waals surface area contributed by atoms with Gasteiger partial charge in [0.15, 0.2) is 0 Å². The first kappa shape index (κ1) is 11.9. The molecule has 1 aliphatic rings. The van der Waals surface area contributed by atoms with E-state index in [1.165, 1.54) is 0 Å². The summed E-state index contributed by atoms with van der Waals surface area (Å²) in [6, 6.07) is 3.65. The molecule has 0 radical (unpaired) electrons. The van der Waals surface area contributed by atoms with Crippen molar-refractivity contribution in [2.24, 2.45) is 11.1 Å². The van der Waals surface area contributed by atoms with Crippen molar-refractivity contribution in [3.8, 4) is 5.75 Å². The van der Waals surface area contributed by atoms with Gasteiger partial charge in [0.2, 0.25) is 5.91 Å². The van der Waals surface area contributed by atoms with Crippen molar-refractivity contribution in [2.45, 2.75) is 26.7 Å². The van der Waals surface area contributed by atoms with Crippen LogP contribution in [0.3, 0.4) is 0 Å². The van der Waals surface area contributed by atoms with E-state index in [1.807, 2.05) is 19.9 Å². The summed E-state index contributed by atoms with van der Waals surface area (Å²) in [6.45, 7) is 4.11. The molecule has 1 fully saturated rings. The molecular weight excluding hydrogens is 216 g/mol. The molecule has 0 heterocycles. The van der Waals surface area contributed by atoms with Crippen LogP contribution in [0, 0.1) is 19.3 Å². The number of nitrogens with two attached hydrogens (primary N) is 1. The molecule has 1 saturated carbocycles. The molecule has 0 saturated heterocycles. The summed E-state index contributed by atoms with van der Waals surface area (Å²) >= 11 is 0. The number of aromatic hydroxyl groups is 1. The SMILES string of the molecule is Cc1cc(C)c(O)c(NC(=O)C2(CN)CC2)c1. The van der Waals surface area contributed by atoms with Gasteiger partial charge >= 0.3 is 0 Å². The summed E-state index contributed by atoms with van der Waals surface area (Å²) in [5, 5.41) is 12.7. The third kappa shape index (κ3) is 2.13. The minimum absolute atomic E-state index is 0.0831. The molecule has 0 spiro atoms. The lowest BCUT2D eigenvalue weighted by molar-refractivity contribution is -0.120. The van der Waals surface area contributed by atoms with Gasteiger partial charge in [-0.05, 0) is 43.9 Å². The Morgan fingerprint density at radius 2 is 2.12 bits per heavy atom. The van der Waals surface area contributed by atoms with Crippen molar-refractivity contribution >= 4 is 11.6 Å². The Labute approximate surface area is 101 Å². The van der Waals surface area contributed by atoms with Crippen LogP contribution < -0.4 is 11.1 Å². The highest BCUT2D eigenvalue weighted by atomic mass is 16.3. The molecule has 1 aliphatic carbocycles. The number of benzene rings is 1. The highest BCUT2D eigenvalue weighted by Crippen LogP contribution is 2.46. The summed E-state index contributed by atoms with van der Waals surface area (Å²) in [5.74, 6) is 0.0528. The highest BCUT2D eigenvalue weighted by molar-refractivity contribution is 5.98. The fourth-order valence-electron chi connectivity index (χ4n) is 1.98. The number of phenols is 1. The molecule has 0 atom stereocenters. The third-order valence-electron chi connectivity index (χ3n) is 3.42. The van der Waals surface area contributed by atoms with Gasteiger partial charge in [0.25, 0.3) is 0 Å². The van der Waals surface area contributed by atoms with Gasteiger partial charge in [0, 0.05) is 6.54 Å². The van der Waals surface area contributed by atoms with Gasteiger partial charge < -0.3 is 16.2 Å². The first-order valence-electron chi connectivity index (χ1n) is 5.80. The summed E-state index contributed by atoms with van der Waals surface area (Å²) in [4.78, 5) is 12.0. The van der Waals surface area contributed by atoms with Crippen molar-refractivity contribution in [2.75, 3.05) is 11.9 Å². The zero-order valence-corrected chi connectivity index (χ0v) is 10.2. The van der Waals surface area contributed by atoms with Gasteiger partial charge in [-0.1, -0.05) is 6.07 Å². The summed E-state index contributed by atoms with van der Waals surface area (Å²) in [7, 11) is 0. The molecule has 0 bridgehead atoms. The normalized spacial score (nSPS) is 16.6. The largest absolute Gasteiger partial charge is 0.505 e. The first-order valence-corrected chi connectivity index (χ1v) is 5.80. The summed E-state index contributed by atoms with van der Waals surface area (Å²) in [6.07, 6.45) is 1.67. The lowest BCUT2D eigenvalue weighted by Gasteiger charge is -2.15. The van der Waals surface area contributed by atoms with E-state index in [-0.39, 0.29) is 11.7 Å². The van der Waals surface area contributed by atoms with Crippen molar-refractivity contribution in [1.29, 1.82) is 0 Å². The fourth-order valence-corrected chi connectivity index (χ4v) is 1.98. The number of phenolic OH excluding ortho intramolecular Hbond substituents is 1. The maximum Gasteiger partial charge on any atom is 0.231 e. The quantitative estimate of drug-likeness (QED) is 0.696. The maximum atomic E-state index is 12.0. The average Bonchev–Trinajstić information content (AvgIpc) is 3.06. The standard InChI is InChI=1S/C13H18N2O2/c1-8-5-9(2)11(16)10(6-8)15-12(17)13(7-14)3-4-13/h5-6,16H,3-4,7,14H2,1-2H3,(H,15,17). The second kappa shape index (κ2) is 4.04. The summed E-state index contributed by atoms with van der Waals surface area (Å²) < 4.78 is 0. The van der Waals surface area contributed by atoms with E-state index in [2.05, 4.69) is 5.32 Å². The van der Waals surface area contributed by atoms with E-state index < -0.39 is 5.41 Å². The average molecular weight is 234 g/mol. The fraction of sp³-hybridized carbons (Fsp3) is 0.462. The minimum atomic E-state index is -0.399. The number of nitrogens with one attached hydrogen (secondary N) is 1. The number of anilines is 1. The Morgan fingerprint density at radius 3 is 2.65 bits per heavy atom. The van der Waals surface area contributed by atoms with Gasteiger partial charge in [-0.2, -0.15) is 0 Å². The van der Waals surface area contributed by atoms with Crippen LogP contribution in [0.15, 0.2) is 12.1 Å². The van der Waals surface area contributed by atoms with Gasteiger partial charge in [-0.15, -0.1) is 0 Å². The maximum absolute atomic E-state index is 12.0. The van der Waals surface area contributed by atoms with Crippen molar-refractivity contribution in [3.63, 3.8) is 0 Å². The number of aryl methyl sites for hydroxylation is 2.